The van der Waals surface area contributed by atoms with Gasteiger partial charge >= 0.3 is 0 Å². The van der Waals surface area contributed by atoms with Crippen molar-refractivity contribution in [2.45, 2.75) is 0 Å². The maximum absolute atomic E-state index is 12.7. The molecule has 8 nitrogen and oxygen atoms in total. The smallest absolute Gasteiger partial charge is 0.258 e. The first kappa shape index (κ1) is 19.3. The highest BCUT2D eigenvalue weighted by molar-refractivity contribution is 6.04. The van der Waals surface area contributed by atoms with Crippen LogP contribution in [0, 0.1) is 0 Å². The number of rotatable bonds is 3. The van der Waals surface area contributed by atoms with E-state index >= 15 is 0 Å². The third kappa shape index (κ3) is 3.55. The molecule has 1 saturated heterocycles. The van der Waals surface area contributed by atoms with E-state index < -0.39 is 0 Å². The summed E-state index contributed by atoms with van der Waals surface area (Å²) in [5, 5.41) is 4.60. The lowest BCUT2D eigenvalue weighted by Crippen LogP contribution is -2.44. The lowest BCUT2D eigenvalue weighted by molar-refractivity contribution is 0.313. The van der Waals surface area contributed by atoms with Crippen molar-refractivity contribution in [2.75, 3.05) is 49.2 Å². The Bertz CT molecular complexity index is 1320. The fraction of sp³-hybridized carbons (Fsp3) is 0.261. The number of fused-ring (bicyclic) bond motifs is 3. The van der Waals surface area contributed by atoms with E-state index in [1.165, 1.54) is 5.69 Å². The number of likely N-dealkylation sites (N-methyl/N-ethyl adjacent to an activating group) is 1. The Kier molecular flexibility index (Phi) is 4.71. The predicted octanol–water partition coefficient (Wildman–Crippen LogP) is 2.56. The highest BCUT2D eigenvalue weighted by Crippen LogP contribution is 2.25. The minimum atomic E-state index is -0.112. The number of piperazine rings is 1. The van der Waals surface area contributed by atoms with Gasteiger partial charge in [0.1, 0.15) is 5.52 Å². The number of nitrogen functional groups attached to an aromatic ring is 1. The predicted molar refractivity (Wildman–Crippen MR) is 126 cm³/mol. The second-order valence-electron chi connectivity index (χ2n) is 8.06. The fourth-order valence-electron chi connectivity index (χ4n) is 4.06. The molecular formula is C23H25N7O. The maximum atomic E-state index is 12.7. The van der Waals surface area contributed by atoms with Crippen molar-refractivity contribution in [1.29, 1.82) is 0 Å². The number of aromatic nitrogens is 3. The second-order valence-corrected chi connectivity index (χ2v) is 8.06. The molecule has 0 radical (unpaired) electrons. The summed E-state index contributed by atoms with van der Waals surface area (Å²) in [6, 6.07) is 13.7. The normalized spacial score (nSPS) is 15.0. The average Bonchev–Trinajstić information content (AvgIpc) is 2.78. The van der Waals surface area contributed by atoms with Crippen molar-refractivity contribution in [2.24, 2.45) is 7.05 Å². The van der Waals surface area contributed by atoms with Crippen LogP contribution in [-0.4, -0.2) is 52.7 Å². The second kappa shape index (κ2) is 7.55. The third-order valence-electron chi connectivity index (χ3n) is 5.96. The molecule has 0 saturated carbocycles. The van der Waals surface area contributed by atoms with Gasteiger partial charge < -0.3 is 25.4 Å². The highest BCUT2D eigenvalue weighted by Gasteiger charge is 2.15. The van der Waals surface area contributed by atoms with Crippen molar-refractivity contribution < 1.29 is 0 Å². The molecule has 0 amide bonds. The molecule has 3 heterocycles. The first-order chi connectivity index (χ1) is 15.0. The molecule has 0 spiro atoms. The SMILES string of the molecule is CN1CCN(c2ccc(Nc3ncc4c(n3)c3ccc(N)cc3c(=O)n4C)cc2)CC1. The summed E-state index contributed by atoms with van der Waals surface area (Å²) >= 11 is 0. The number of nitrogens with two attached hydrogens (primary N) is 1. The van der Waals surface area contributed by atoms with Gasteiger partial charge in [-0.3, -0.25) is 4.79 Å². The molecule has 158 valence electrons. The van der Waals surface area contributed by atoms with Crippen LogP contribution in [0.15, 0.2) is 53.5 Å². The van der Waals surface area contributed by atoms with Crippen molar-refractivity contribution in [3.8, 4) is 0 Å². The molecule has 1 fully saturated rings. The molecule has 2 aromatic heterocycles. The first-order valence-electron chi connectivity index (χ1n) is 10.4. The van der Waals surface area contributed by atoms with Gasteiger partial charge in [-0.15, -0.1) is 0 Å². The number of aryl methyl sites for hydroxylation is 1. The van der Waals surface area contributed by atoms with Gasteiger partial charge in [0.05, 0.1) is 17.1 Å². The van der Waals surface area contributed by atoms with E-state index in [1.807, 2.05) is 18.2 Å². The molecule has 0 atom stereocenters. The summed E-state index contributed by atoms with van der Waals surface area (Å²) in [6.07, 6.45) is 1.68. The molecule has 5 rings (SSSR count). The quantitative estimate of drug-likeness (QED) is 0.392. The van der Waals surface area contributed by atoms with Crippen molar-refractivity contribution in [3.63, 3.8) is 0 Å². The molecule has 4 aromatic rings. The molecule has 0 unspecified atom stereocenters. The largest absolute Gasteiger partial charge is 0.399 e. The number of pyridine rings is 1. The summed E-state index contributed by atoms with van der Waals surface area (Å²) in [5.74, 6) is 0.483. The number of benzene rings is 2. The summed E-state index contributed by atoms with van der Waals surface area (Å²) in [5.41, 5.74) is 9.86. The van der Waals surface area contributed by atoms with Gasteiger partial charge in [0.25, 0.3) is 5.56 Å². The van der Waals surface area contributed by atoms with Gasteiger partial charge in [0, 0.05) is 55.7 Å². The van der Waals surface area contributed by atoms with E-state index in [-0.39, 0.29) is 5.56 Å². The van der Waals surface area contributed by atoms with Crippen LogP contribution in [0.25, 0.3) is 21.8 Å². The van der Waals surface area contributed by atoms with E-state index in [4.69, 9.17) is 10.7 Å². The van der Waals surface area contributed by atoms with E-state index in [2.05, 4.69) is 39.3 Å². The number of anilines is 4. The number of nitrogens with zero attached hydrogens (tertiary/aromatic N) is 5. The monoisotopic (exact) mass is 415 g/mol. The van der Waals surface area contributed by atoms with E-state index in [0.29, 0.717) is 28.1 Å². The van der Waals surface area contributed by atoms with Gasteiger partial charge in [-0.2, -0.15) is 0 Å². The topological polar surface area (TPSA) is 92.3 Å². The summed E-state index contributed by atoms with van der Waals surface area (Å²) < 4.78 is 1.56. The van der Waals surface area contributed by atoms with E-state index in [0.717, 1.165) is 37.3 Å². The van der Waals surface area contributed by atoms with Crippen LogP contribution in [0.2, 0.25) is 0 Å². The number of hydrogen-bond donors (Lipinski definition) is 2. The zero-order chi connectivity index (χ0) is 21.5. The third-order valence-corrected chi connectivity index (χ3v) is 5.96. The summed E-state index contributed by atoms with van der Waals surface area (Å²) in [6.45, 7) is 4.22. The first-order valence-corrected chi connectivity index (χ1v) is 10.4. The average molecular weight is 416 g/mol. The molecule has 1 aliphatic rings. The Balaban J connectivity index is 1.46. The van der Waals surface area contributed by atoms with E-state index in [9.17, 15) is 4.79 Å². The Labute approximate surface area is 179 Å². The Hall–Kier alpha value is -3.65. The lowest BCUT2D eigenvalue weighted by atomic mass is 10.1. The van der Waals surface area contributed by atoms with Gasteiger partial charge in [-0.25, -0.2) is 9.97 Å². The van der Waals surface area contributed by atoms with Crippen LogP contribution in [0.4, 0.5) is 23.0 Å². The zero-order valence-corrected chi connectivity index (χ0v) is 17.7. The molecule has 8 heteroatoms. The lowest BCUT2D eigenvalue weighted by Gasteiger charge is -2.34. The van der Waals surface area contributed by atoms with E-state index in [1.54, 1.807) is 29.9 Å². The van der Waals surface area contributed by atoms with Gasteiger partial charge in [0.15, 0.2) is 0 Å². The van der Waals surface area contributed by atoms with Gasteiger partial charge in [-0.05, 0) is 49.5 Å². The van der Waals surface area contributed by atoms with Crippen LogP contribution < -0.4 is 21.5 Å². The molecule has 3 N–H and O–H groups in total. The van der Waals surface area contributed by atoms with Gasteiger partial charge in [0.2, 0.25) is 5.95 Å². The van der Waals surface area contributed by atoms with Crippen molar-refractivity contribution in [3.05, 3.63) is 59.0 Å². The van der Waals surface area contributed by atoms with Crippen LogP contribution in [0.1, 0.15) is 0 Å². The Morgan fingerprint density at radius 1 is 0.968 bits per heavy atom. The zero-order valence-electron chi connectivity index (χ0n) is 17.7. The summed E-state index contributed by atoms with van der Waals surface area (Å²) in [4.78, 5) is 26.6. The fourth-order valence-corrected chi connectivity index (χ4v) is 4.06. The Morgan fingerprint density at radius 2 is 1.71 bits per heavy atom. The van der Waals surface area contributed by atoms with Crippen LogP contribution >= 0.6 is 0 Å². The number of hydrogen-bond acceptors (Lipinski definition) is 7. The molecule has 31 heavy (non-hydrogen) atoms. The maximum Gasteiger partial charge on any atom is 0.258 e. The van der Waals surface area contributed by atoms with Gasteiger partial charge in [-0.1, -0.05) is 0 Å². The molecule has 1 aliphatic heterocycles. The van der Waals surface area contributed by atoms with Crippen molar-refractivity contribution >= 4 is 44.8 Å². The van der Waals surface area contributed by atoms with Crippen molar-refractivity contribution in [1.82, 2.24) is 19.4 Å². The minimum Gasteiger partial charge on any atom is -0.399 e. The Morgan fingerprint density at radius 3 is 2.45 bits per heavy atom. The molecular weight excluding hydrogens is 390 g/mol. The highest BCUT2D eigenvalue weighted by atomic mass is 16.1. The van der Waals surface area contributed by atoms with Crippen LogP contribution in [0.3, 0.4) is 0 Å². The molecule has 0 aliphatic carbocycles. The minimum absolute atomic E-state index is 0.112. The molecule has 0 bridgehead atoms. The van der Waals surface area contributed by atoms with Crippen LogP contribution in [0.5, 0.6) is 0 Å². The summed E-state index contributed by atoms with van der Waals surface area (Å²) in [7, 11) is 3.88. The molecule has 2 aromatic carbocycles. The number of nitrogens with one attached hydrogen (secondary N) is 1. The van der Waals surface area contributed by atoms with Crippen LogP contribution in [-0.2, 0) is 7.05 Å². The standard InChI is InChI=1S/C23H25N7O/c1-28-9-11-30(12-10-28)17-6-4-16(5-7-17)26-23-25-14-20-21(27-23)18-8-3-15(24)13-19(18)22(31)29(20)2/h3-8,13-14H,9-12,24H2,1-2H3,(H,25,26,27).